The van der Waals surface area contributed by atoms with E-state index in [0.29, 0.717) is 0 Å². The molecule has 2 rings (SSSR count). The molecule has 2 heterocycles. The maximum atomic E-state index is 5.72. The van der Waals surface area contributed by atoms with E-state index in [0.717, 1.165) is 15.7 Å². The van der Waals surface area contributed by atoms with Crippen molar-refractivity contribution in [2.45, 2.75) is 23.1 Å². The minimum atomic E-state index is 0.0156. The second-order valence-corrected chi connectivity index (χ2v) is 4.12. The third-order valence-corrected chi connectivity index (χ3v) is 2.72. The van der Waals surface area contributed by atoms with E-state index in [1.807, 2.05) is 19.1 Å². The van der Waals surface area contributed by atoms with Gasteiger partial charge in [0.15, 0.2) is 5.16 Å². The van der Waals surface area contributed by atoms with E-state index >= 15 is 0 Å². The van der Waals surface area contributed by atoms with Crippen molar-refractivity contribution in [1.29, 1.82) is 0 Å². The van der Waals surface area contributed by atoms with Gasteiger partial charge in [0.2, 0.25) is 0 Å². The molecular formula is C9H11N5S. The summed E-state index contributed by atoms with van der Waals surface area (Å²) in [7, 11) is 0. The fourth-order valence-corrected chi connectivity index (χ4v) is 1.70. The summed E-state index contributed by atoms with van der Waals surface area (Å²) in [6.45, 7) is 1.93. The lowest BCUT2D eigenvalue weighted by molar-refractivity contribution is 0.806. The molecule has 0 radical (unpaired) electrons. The van der Waals surface area contributed by atoms with Crippen LogP contribution in [0.1, 0.15) is 18.5 Å². The van der Waals surface area contributed by atoms with Gasteiger partial charge in [0, 0.05) is 12.2 Å². The zero-order chi connectivity index (χ0) is 10.7. The zero-order valence-corrected chi connectivity index (χ0v) is 9.03. The van der Waals surface area contributed by atoms with Crippen molar-refractivity contribution >= 4 is 11.8 Å². The van der Waals surface area contributed by atoms with E-state index in [4.69, 9.17) is 5.73 Å². The number of nitrogens with two attached hydrogens (primary N) is 1. The maximum absolute atomic E-state index is 5.72. The molecule has 0 aliphatic rings. The number of aromatic amines is 1. The van der Waals surface area contributed by atoms with Crippen molar-refractivity contribution < 1.29 is 0 Å². The van der Waals surface area contributed by atoms with Crippen molar-refractivity contribution in [3.05, 3.63) is 30.2 Å². The van der Waals surface area contributed by atoms with Crippen molar-refractivity contribution in [2.75, 3.05) is 0 Å². The molecule has 0 bridgehead atoms. The smallest absolute Gasteiger partial charge is 0.189 e. The van der Waals surface area contributed by atoms with E-state index in [1.54, 1.807) is 6.20 Å². The number of hydrogen-bond donors (Lipinski definition) is 2. The monoisotopic (exact) mass is 221 g/mol. The van der Waals surface area contributed by atoms with Gasteiger partial charge in [-0.15, -0.1) is 0 Å². The fraction of sp³-hybridized carbons (Fsp3) is 0.222. The van der Waals surface area contributed by atoms with Crippen molar-refractivity contribution in [2.24, 2.45) is 5.73 Å². The molecule has 0 saturated heterocycles. The van der Waals surface area contributed by atoms with Crippen LogP contribution in [0.5, 0.6) is 0 Å². The van der Waals surface area contributed by atoms with Crippen LogP contribution < -0.4 is 5.73 Å². The van der Waals surface area contributed by atoms with Gasteiger partial charge in [0.05, 0.1) is 0 Å². The summed E-state index contributed by atoms with van der Waals surface area (Å²) >= 11 is 1.43. The first-order valence-corrected chi connectivity index (χ1v) is 5.32. The van der Waals surface area contributed by atoms with Gasteiger partial charge < -0.3 is 5.73 Å². The number of aromatic nitrogens is 4. The summed E-state index contributed by atoms with van der Waals surface area (Å²) < 4.78 is 0. The van der Waals surface area contributed by atoms with Crippen LogP contribution in [-0.4, -0.2) is 20.2 Å². The molecule has 0 spiro atoms. The molecule has 0 aliphatic carbocycles. The lowest BCUT2D eigenvalue weighted by atomic mass is 10.2. The fourth-order valence-electron chi connectivity index (χ4n) is 1.06. The summed E-state index contributed by atoms with van der Waals surface area (Å²) in [5, 5.41) is 8.12. The molecule has 0 amide bonds. The number of hydrogen-bond acceptors (Lipinski definition) is 5. The Morgan fingerprint density at radius 3 is 2.80 bits per heavy atom. The van der Waals surface area contributed by atoms with Crippen LogP contribution in [0.15, 0.2) is 34.8 Å². The van der Waals surface area contributed by atoms with Gasteiger partial charge in [-0.2, -0.15) is 5.10 Å². The Balaban J connectivity index is 2.11. The summed E-state index contributed by atoms with van der Waals surface area (Å²) in [5.74, 6) is 0. The van der Waals surface area contributed by atoms with Crippen LogP contribution in [-0.2, 0) is 0 Å². The number of nitrogens with one attached hydrogen (secondary N) is 1. The summed E-state index contributed by atoms with van der Waals surface area (Å²) in [4.78, 5) is 8.27. The SMILES string of the molecule is C[C@@H](N)c1ccc(Sc2ncn[nH]2)nc1. The quantitative estimate of drug-likeness (QED) is 0.818. The zero-order valence-electron chi connectivity index (χ0n) is 8.21. The standard InChI is InChI=1S/C9H11N5S/c1-6(10)7-2-3-8(11-4-7)15-9-12-5-13-14-9/h2-6H,10H2,1H3,(H,12,13,14)/t6-/m1/s1. The average molecular weight is 221 g/mol. The number of pyridine rings is 1. The third-order valence-electron chi connectivity index (χ3n) is 1.88. The molecule has 1 atom stereocenters. The number of nitrogens with zero attached hydrogens (tertiary/aromatic N) is 3. The minimum Gasteiger partial charge on any atom is -0.324 e. The second kappa shape index (κ2) is 4.41. The lowest BCUT2D eigenvalue weighted by Gasteiger charge is -2.04. The molecular weight excluding hydrogens is 210 g/mol. The molecule has 6 heteroatoms. The molecule has 15 heavy (non-hydrogen) atoms. The first-order valence-electron chi connectivity index (χ1n) is 4.50. The molecule has 0 fully saturated rings. The molecule has 0 saturated carbocycles. The lowest BCUT2D eigenvalue weighted by Crippen LogP contribution is -2.04. The topological polar surface area (TPSA) is 80.5 Å². The molecule has 3 N–H and O–H groups in total. The predicted molar refractivity (Wildman–Crippen MR) is 57.3 cm³/mol. The summed E-state index contributed by atoms with van der Waals surface area (Å²) in [6.07, 6.45) is 3.25. The van der Waals surface area contributed by atoms with E-state index < -0.39 is 0 Å². The molecule has 0 aliphatic heterocycles. The third kappa shape index (κ3) is 2.54. The van der Waals surface area contributed by atoms with E-state index in [1.165, 1.54) is 18.1 Å². The van der Waals surface area contributed by atoms with Crippen LogP contribution in [0.3, 0.4) is 0 Å². The largest absolute Gasteiger partial charge is 0.324 e. The van der Waals surface area contributed by atoms with Crippen molar-refractivity contribution in [3.8, 4) is 0 Å². The van der Waals surface area contributed by atoms with Gasteiger partial charge in [-0.25, -0.2) is 9.97 Å². The molecule has 2 aromatic heterocycles. The molecule has 0 aromatic carbocycles. The van der Waals surface area contributed by atoms with Crippen molar-refractivity contribution in [1.82, 2.24) is 20.2 Å². The Hall–Kier alpha value is -1.40. The van der Waals surface area contributed by atoms with Gasteiger partial charge in [-0.05, 0) is 30.3 Å². The van der Waals surface area contributed by atoms with E-state index in [-0.39, 0.29) is 6.04 Å². The number of rotatable bonds is 3. The summed E-state index contributed by atoms with van der Waals surface area (Å²) in [5.41, 5.74) is 6.75. The Labute approximate surface area is 91.5 Å². The Morgan fingerprint density at radius 2 is 2.27 bits per heavy atom. The van der Waals surface area contributed by atoms with Gasteiger partial charge in [0.1, 0.15) is 11.4 Å². The molecule has 0 unspecified atom stereocenters. The van der Waals surface area contributed by atoms with E-state index in [9.17, 15) is 0 Å². The minimum absolute atomic E-state index is 0.0156. The van der Waals surface area contributed by atoms with Crippen LogP contribution in [0.25, 0.3) is 0 Å². The highest BCUT2D eigenvalue weighted by molar-refractivity contribution is 7.99. The van der Waals surface area contributed by atoms with Gasteiger partial charge in [-0.3, -0.25) is 5.10 Å². The van der Waals surface area contributed by atoms with Crippen LogP contribution in [0, 0.1) is 0 Å². The van der Waals surface area contributed by atoms with Gasteiger partial charge in [-0.1, -0.05) is 6.07 Å². The highest BCUT2D eigenvalue weighted by Gasteiger charge is 2.03. The average Bonchev–Trinajstić information content (AvgIpc) is 2.71. The van der Waals surface area contributed by atoms with Gasteiger partial charge in [0.25, 0.3) is 0 Å². The molecule has 2 aromatic rings. The normalized spacial score (nSPS) is 12.7. The van der Waals surface area contributed by atoms with Crippen LogP contribution in [0.2, 0.25) is 0 Å². The Bertz CT molecular complexity index is 409. The van der Waals surface area contributed by atoms with Crippen molar-refractivity contribution in [3.63, 3.8) is 0 Å². The van der Waals surface area contributed by atoms with Gasteiger partial charge >= 0.3 is 0 Å². The number of H-pyrrole nitrogens is 1. The molecule has 5 nitrogen and oxygen atoms in total. The maximum Gasteiger partial charge on any atom is 0.189 e. The Morgan fingerprint density at radius 1 is 1.40 bits per heavy atom. The Kier molecular flexibility index (Phi) is 2.98. The first-order chi connectivity index (χ1) is 7.25. The van der Waals surface area contributed by atoms with Crippen LogP contribution in [0.4, 0.5) is 0 Å². The van der Waals surface area contributed by atoms with E-state index in [2.05, 4.69) is 20.2 Å². The summed E-state index contributed by atoms with van der Waals surface area (Å²) in [6, 6.07) is 3.91. The highest BCUT2D eigenvalue weighted by atomic mass is 32.2. The predicted octanol–water partition coefficient (Wildman–Crippen LogP) is 1.37. The molecule has 78 valence electrons. The van der Waals surface area contributed by atoms with Crippen LogP contribution >= 0.6 is 11.8 Å². The highest BCUT2D eigenvalue weighted by Crippen LogP contribution is 2.22. The first kappa shape index (κ1) is 10.1. The second-order valence-electron chi connectivity index (χ2n) is 3.11.